The van der Waals surface area contributed by atoms with Crippen molar-refractivity contribution in [2.45, 2.75) is 99.8 Å². The molecule has 0 bridgehead atoms. The van der Waals surface area contributed by atoms with Crippen LogP contribution in [0.25, 0.3) is 0 Å². The summed E-state index contributed by atoms with van der Waals surface area (Å²) in [6.07, 6.45) is 19.5. The molecule has 1 saturated heterocycles. The topological polar surface area (TPSA) is 12.0 Å². The molecular weight excluding hydrogens is 345 g/mol. The maximum atomic E-state index is 3.49. The van der Waals surface area contributed by atoms with Crippen LogP contribution in [0.5, 0.6) is 0 Å². The summed E-state index contributed by atoms with van der Waals surface area (Å²) in [6, 6.07) is 0. The third-order valence-corrected chi connectivity index (χ3v) is 5.09. The van der Waals surface area contributed by atoms with Gasteiger partial charge >= 0.3 is 0 Å². The summed E-state index contributed by atoms with van der Waals surface area (Å²) in [5.74, 6) is 0.753. The SMILES string of the molecule is C/C=C(\C)CC.C/C=C(\C=C/C(C)=P)C1CCNCC1.CCCCCCC. The molecule has 0 spiro atoms. The van der Waals surface area contributed by atoms with Gasteiger partial charge in [-0.1, -0.05) is 82.8 Å². The standard InChI is InChI=1S/C12H20NP.C7H16.C6H12/c1-3-11(5-4-10(2)14)12-6-8-13-9-7-12;1-3-5-7-6-4-2;1-4-6(3)5-2/h3-5,12-14H,6-9H2,1-2H3;3-7H2,1-2H3;4H,5H2,1-3H3/b5-4-,11-3+;;6-4+. The van der Waals surface area contributed by atoms with Gasteiger partial charge in [0.15, 0.2) is 0 Å². The fourth-order valence-electron chi connectivity index (χ4n) is 2.73. The first kappa shape index (κ1) is 28.6. The monoisotopic (exact) mass is 393 g/mol. The van der Waals surface area contributed by atoms with Crippen molar-refractivity contribution >= 4 is 14.2 Å². The molecule has 0 aliphatic carbocycles. The van der Waals surface area contributed by atoms with E-state index in [4.69, 9.17) is 0 Å². The summed E-state index contributed by atoms with van der Waals surface area (Å²) in [5, 5.41) is 4.57. The minimum Gasteiger partial charge on any atom is -0.317 e. The maximum Gasteiger partial charge on any atom is -0.00431 e. The smallest absolute Gasteiger partial charge is 0.00431 e. The molecule has 0 aromatic carbocycles. The molecule has 0 aromatic rings. The van der Waals surface area contributed by atoms with Crippen molar-refractivity contribution in [2.24, 2.45) is 5.92 Å². The molecule has 0 saturated carbocycles. The average molecular weight is 394 g/mol. The fourth-order valence-corrected chi connectivity index (χ4v) is 2.81. The van der Waals surface area contributed by atoms with E-state index < -0.39 is 0 Å². The van der Waals surface area contributed by atoms with Crippen LogP contribution >= 0.6 is 8.86 Å². The summed E-state index contributed by atoms with van der Waals surface area (Å²) < 4.78 is 0. The Bertz CT molecular complexity index is 422. The Kier molecular flexibility index (Phi) is 22.9. The molecule has 0 unspecified atom stereocenters. The molecule has 0 radical (unpaired) electrons. The third kappa shape index (κ3) is 19.9. The molecule has 1 nitrogen and oxygen atoms in total. The van der Waals surface area contributed by atoms with Gasteiger partial charge in [-0.2, -0.15) is 0 Å². The lowest BCUT2D eigenvalue weighted by molar-refractivity contribution is 0.425. The van der Waals surface area contributed by atoms with Crippen molar-refractivity contribution in [2.75, 3.05) is 13.1 Å². The first-order valence-corrected chi connectivity index (χ1v) is 11.7. The van der Waals surface area contributed by atoms with Crippen molar-refractivity contribution in [3.8, 4) is 0 Å². The van der Waals surface area contributed by atoms with E-state index in [0.717, 1.165) is 19.0 Å². The predicted molar refractivity (Wildman–Crippen MR) is 132 cm³/mol. The van der Waals surface area contributed by atoms with Gasteiger partial charge < -0.3 is 5.32 Å². The van der Waals surface area contributed by atoms with E-state index in [0.29, 0.717) is 0 Å². The van der Waals surface area contributed by atoms with Gasteiger partial charge in [-0.25, -0.2) is 0 Å². The van der Waals surface area contributed by atoms with E-state index in [2.05, 4.69) is 87.0 Å². The zero-order valence-electron chi connectivity index (χ0n) is 19.5. The van der Waals surface area contributed by atoms with Gasteiger partial charge in [-0.05, 0) is 76.8 Å². The Morgan fingerprint density at radius 3 is 1.78 bits per heavy atom. The summed E-state index contributed by atoms with van der Waals surface area (Å²) >= 11 is 0. The largest absolute Gasteiger partial charge is 0.317 e. The van der Waals surface area contributed by atoms with Crippen LogP contribution in [0.1, 0.15) is 99.8 Å². The first-order chi connectivity index (χ1) is 13.0. The number of hydrogen-bond donors (Lipinski definition) is 1. The normalized spacial score (nSPS) is 15.7. The highest BCUT2D eigenvalue weighted by molar-refractivity contribution is 7.21. The van der Waals surface area contributed by atoms with E-state index in [-0.39, 0.29) is 0 Å². The van der Waals surface area contributed by atoms with Crippen LogP contribution in [-0.2, 0) is 0 Å². The summed E-state index contributed by atoms with van der Waals surface area (Å²) in [6.45, 7) is 17.4. The number of unbranched alkanes of at least 4 members (excludes halogenated alkanes) is 4. The number of hydrogen-bond acceptors (Lipinski definition) is 1. The van der Waals surface area contributed by atoms with E-state index in [1.165, 1.54) is 67.8 Å². The molecule has 158 valence electrons. The molecule has 1 heterocycles. The Labute approximate surface area is 174 Å². The lowest BCUT2D eigenvalue weighted by Crippen LogP contribution is -2.28. The van der Waals surface area contributed by atoms with Crippen LogP contribution in [0, 0.1) is 5.92 Å². The van der Waals surface area contributed by atoms with Crippen LogP contribution in [0.2, 0.25) is 0 Å². The zero-order chi connectivity index (χ0) is 20.9. The van der Waals surface area contributed by atoms with Crippen molar-refractivity contribution in [1.82, 2.24) is 5.32 Å². The molecular formula is C25H48NP. The highest BCUT2D eigenvalue weighted by Crippen LogP contribution is 2.22. The van der Waals surface area contributed by atoms with E-state index in [1.807, 2.05) is 0 Å². The minimum atomic E-state index is 0.753. The number of nitrogens with one attached hydrogen (secondary N) is 1. The highest BCUT2D eigenvalue weighted by Gasteiger charge is 2.14. The lowest BCUT2D eigenvalue weighted by atomic mass is 9.89. The summed E-state index contributed by atoms with van der Waals surface area (Å²) in [4.78, 5) is 0. The second-order valence-electron chi connectivity index (χ2n) is 7.38. The lowest BCUT2D eigenvalue weighted by Gasteiger charge is -2.23. The van der Waals surface area contributed by atoms with E-state index in [9.17, 15) is 0 Å². The Morgan fingerprint density at radius 1 is 0.889 bits per heavy atom. The molecule has 27 heavy (non-hydrogen) atoms. The van der Waals surface area contributed by atoms with Gasteiger partial charge in [-0.15, -0.1) is 8.86 Å². The minimum absolute atomic E-state index is 0.753. The molecule has 0 amide bonds. The molecule has 0 atom stereocenters. The van der Waals surface area contributed by atoms with Crippen molar-refractivity contribution in [3.63, 3.8) is 0 Å². The van der Waals surface area contributed by atoms with Crippen LogP contribution in [-0.4, -0.2) is 18.4 Å². The van der Waals surface area contributed by atoms with Gasteiger partial charge in [0.05, 0.1) is 0 Å². The zero-order valence-corrected chi connectivity index (χ0v) is 20.5. The number of rotatable bonds is 8. The molecule has 1 N–H and O–H groups in total. The summed E-state index contributed by atoms with van der Waals surface area (Å²) in [5.41, 5.74) is 2.94. The Morgan fingerprint density at radius 2 is 1.44 bits per heavy atom. The van der Waals surface area contributed by atoms with E-state index in [1.54, 1.807) is 0 Å². The van der Waals surface area contributed by atoms with Crippen molar-refractivity contribution < 1.29 is 0 Å². The van der Waals surface area contributed by atoms with Gasteiger partial charge in [0.25, 0.3) is 0 Å². The molecule has 1 rings (SSSR count). The summed E-state index contributed by atoms with van der Waals surface area (Å²) in [7, 11) is 3.49. The van der Waals surface area contributed by atoms with Crippen molar-refractivity contribution in [3.05, 3.63) is 35.5 Å². The van der Waals surface area contributed by atoms with Gasteiger partial charge in [-0.3, -0.25) is 0 Å². The Hall–Kier alpha value is -0.650. The van der Waals surface area contributed by atoms with Crippen molar-refractivity contribution in [1.29, 1.82) is 0 Å². The average Bonchev–Trinajstić information content (AvgIpc) is 2.70. The first-order valence-electron chi connectivity index (χ1n) is 11.2. The molecule has 1 fully saturated rings. The second kappa shape index (κ2) is 21.6. The van der Waals surface area contributed by atoms with Gasteiger partial charge in [0.1, 0.15) is 0 Å². The van der Waals surface area contributed by atoms with Crippen LogP contribution in [0.3, 0.4) is 0 Å². The Balaban J connectivity index is 0. The van der Waals surface area contributed by atoms with E-state index >= 15 is 0 Å². The van der Waals surface area contributed by atoms with Crippen LogP contribution < -0.4 is 5.32 Å². The maximum absolute atomic E-state index is 3.49. The number of piperidine rings is 1. The predicted octanol–water partition coefficient (Wildman–Crippen LogP) is 8.16. The van der Waals surface area contributed by atoms with Crippen LogP contribution in [0.4, 0.5) is 0 Å². The number of allylic oxidation sites excluding steroid dienone is 6. The fraction of sp³-hybridized carbons (Fsp3) is 0.720. The van der Waals surface area contributed by atoms with Gasteiger partial charge in [0, 0.05) is 0 Å². The molecule has 1 aliphatic heterocycles. The van der Waals surface area contributed by atoms with Gasteiger partial charge in [0.2, 0.25) is 0 Å². The molecule has 1 aliphatic rings. The van der Waals surface area contributed by atoms with Crippen LogP contribution in [0.15, 0.2) is 35.5 Å². The molecule has 0 aromatic heterocycles. The third-order valence-electron chi connectivity index (χ3n) is 4.93. The molecule has 2 heteroatoms. The second-order valence-corrected chi connectivity index (χ2v) is 8.17. The quantitative estimate of drug-likeness (QED) is 0.190. The highest BCUT2D eigenvalue weighted by atomic mass is 31.0.